The monoisotopic (exact) mass is 644 g/mol. The topological polar surface area (TPSA) is 270 Å². The number of phosphoric acid groups is 1. The first kappa shape index (κ1) is 31.5. The molecule has 0 bridgehead atoms. The summed E-state index contributed by atoms with van der Waals surface area (Å²) in [6.45, 7) is -0.966. The van der Waals surface area contributed by atoms with Gasteiger partial charge in [0.2, 0.25) is 0 Å². The van der Waals surface area contributed by atoms with Gasteiger partial charge in [-0.1, -0.05) is 28.4 Å². The maximum absolute atomic E-state index is 13.9. The van der Waals surface area contributed by atoms with Gasteiger partial charge in [-0.3, -0.25) is 37.7 Å². The number of aromatic nitrogens is 4. The standard InChI is InChI=1S/C24H25N10O10P/c25-31-29-15-10-21(33-8-6-19(35)27-23(33)37)42-17(15)12-40-45(39,44-14-4-2-1-3-5-14)41-13-18-16(30-32-26)11-22(43-18)34-9-7-20(36)28-24(34)38/h1-9,15-18,21-22H,10-13H2,(H,27,35,37)(H,28,36,38)/t15-,16-,17+,18+,21+,22+/m0/s1. The van der Waals surface area contributed by atoms with E-state index in [0.717, 1.165) is 21.3 Å². The van der Waals surface area contributed by atoms with Crippen LogP contribution in [0, 0.1) is 0 Å². The molecule has 0 saturated carbocycles. The molecule has 2 aliphatic heterocycles. The fourth-order valence-corrected chi connectivity index (χ4v) is 6.00. The molecule has 2 aliphatic rings. The van der Waals surface area contributed by atoms with E-state index >= 15 is 0 Å². The van der Waals surface area contributed by atoms with Crippen LogP contribution < -0.4 is 27.0 Å². The Balaban J connectivity index is 1.33. The molecule has 2 fully saturated rings. The van der Waals surface area contributed by atoms with Gasteiger partial charge in [0, 0.05) is 47.2 Å². The second kappa shape index (κ2) is 13.8. The van der Waals surface area contributed by atoms with Crippen LogP contribution in [0.1, 0.15) is 25.3 Å². The molecule has 2 N–H and O–H groups in total. The lowest BCUT2D eigenvalue weighted by atomic mass is 10.1. The van der Waals surface area contributed by atoms with E-state index in [1.54, 1.807) is 18.2 Å². The molecule has 0 unspecified atom stereocenters. The summed E-state index contributed by atoms with van der Waals surface area (Å²) >= 11 is 0. The van der Waals surface area contributed by atoms with Crippen molar-refractivity contribution in [1.29, 1.82) is 0 Å². The zero-order chi connectivity index (χ0) is 32.0. The first-order valence-electron chi connectivity index (χ1n) is 13.3. The Hall–Kier alpha value is -4.93. The van der Waals surface area contributed by atoms with Crippen molar-refractivity contribution in [3.63, 3.8) is 0 Å². The van der Waals surface area contributed by atoms with Crippen molar-refractivity contribution >= 4 is 7.82 Å². The van der Waals surface area contributed by atoms with Crippen LogP contribution in [-0.2, 0) is 23.1 Å². The predicted molar refractivity (Wildman–Crippen MR) is 152 cm³/mol. The highest BCUT2D eigenvalue weighted by Crippen LogP contribution is 2.51. The molecule has 2 aromatic heterocycles. The largest absolute Gasteiger partial charge is 0.530 e. The Morgan fingerprint density at radius 3 is 1.69 bits per heavy atom. The van der Waals surface area contributed by atoms with Crippen LogP contribution >= 0.6 is 7.82 Å². The number of rotatable bonds is 12. The van der Waals surface area contributed by atoms with Crippen molar-refractivity contribution in [3.8, 4) is 5.75 Å². The van der Waals surface area contributed by atoms with Crippen molar-refractivity contribution in [2.45, 2.75) is 49.6 Å². The molecule has 0 spiro atoms. The molecule has 0 radical (unpaired) electrons. The number of nitrogens with one attached hydrogen (secondary N) is 2. The van der Waals surface area contributed by atoms with Crippen LogP contribution in [0.2, 0.25) is 0 Å². The van der Waals surface area contributed by atoms with Gasteiger partial charge in [0.15, 0.2) is 0 Å². The molecule has 21 heteroatoms. The molecule has 0 amide bonds. The van der Waals surface area contributed by atoms with Crippen LogP contribution in [0.4, 0.5) is 0 Å². The number of benzene rings is 1. The number of azide groups is 2. The van der Waals surface area contributed by atoms with E-state index in [9.17, 15) is 23.7 Å². The summed E-state index contributed by atoms with van der Waals surface area (Å²) in [5.74, 6) is 0.119. The van der Waals surface area contributed by atoms with E-state index in [0.29, 0.717) is 0 Å². The summed E-state index contributed by atoms with van der Waals surface area (Å²) in [6.07, 6.45) is -1.41. The van der Waals surface area contributed by atoms with E-state index in [1.165, 1.54) is 24.5 Å². The molecule has 0 aliphatic carbocycles. The zero-order valence-corrected chi connectivity index (χ0v) is 24.0. The number of hydrogen-bond donors (Lipinski definition) is 2. The molecule has 3 aromatic rings. The summed E-state index contributed by atoms with van der Waals surface area (Å²) in [5.41, 5.74) is 15.4. The van der Waals surface area contributed by atoms with Crippen molar-refractivity contribution in [1.82, 2.24) is 19.1 Å². The van der Waals surface area contributed by atoms with E-state index in [4.69, 9.17) is 34.1 Å². The van der Waals surface area contributed by atoms with E-state index < -0.39 is 80.3 Å². The number of aromatic amines is 2. The smallest absolute Gasteiger partial charge is 0.404 e. The third-order valence-electron chi connectivity index (χ3n) is 6.89. The van der Waals surface area contributed by atoms with Gasteiger partial charge in [-0.15, -0.1) is 0 Å². The number of phosphoric ester groups is 1. The maximum Gasteiger partial charge on any atom is 0.530 e. The summed E-state index contributed by atoms with van der Waals surface area (Å²) in [6, 6.07) is 8.45. The first-order valence-corrected chi connectivity index (χ1v) is 14.8. The fraction of sp³-hybridized carbons (Fsp3) is 0.417. The first-order chi connectivity index (χ1) is 21.7. The quantitative estimate of drug-likeness (QED) is 0.126. The van der Waals surface area contributed by atoms with Gasteiger partial charge in [0.05, 0.1) is 37.5 Å². The van der Waals surface area contributed by atoms with Crippen LogP contribution in [0.15, 0.2) is 84.3 Å². The third kappa shape index (κ3) is 7.60. The lowest BCUT2D eigenvalue weighted by Crippen LogP contribution is -2.32. The Kier molecular flexibility index (Phi) is 9.65. The SMILES string of the molecule is [N-]=[N+]=N[C@H]1C[C@H](n2ccc(=O)[nH]c2=O)O[C@@H]1COP(=O)(OC[C@H]1O[C@@H](n2ccc(=O)[nH]c2=O)C[C@@H]1N=[N+]=[N-])Oc1ccccc1. The van der Waals surface area contributed by atoms with Crippen molar-refractivity contribution in [2.75, 3.05) is 13.2 Å². The van der Waals surface area contributed by atoms with E-state index in [1.807, 2.05) is 0 Å². The highest BCUT2D eigenvalue weighted by atomic mass is 31.2. The minimum Gasteiger partial charge on any atom is -0.404 e. The molecule has 4 heterocycles. The predicted octanol–water partition coefficient (Wildman–Crippen LogP) is 2.24. The minimum absolute atomic E-state index is 0.0318. The van der Waals surface area contributed by atoms with Crippen LogP contribution in [0.5, 0.6) is 5.75 Å². The molecule has 2 saturated heterocycles. The average molecular weight is 644 g/mol. The van der Waals surface area contributed by atoms with Crippen LogP contribution in [-0.4, -0.2) is 56.6 Å². The van der Waals surface area contributed by atoms with Gasteiger partial charge in [-0.25, -0.2) is 14.2 Å². The maximum atomic E-state index is 13.9. The third-order valence-corrected chi connectivity index (χ3v) is 8.25. The Morgan fingerprint density at radius 2 is 1.27 bits per heavy atom. The highest BCUT2D eigenvalue weighted by Gasteiger charge is 2.42. The normalized spacial score (nSPS) is 25.5. The van der Waals surface area contributed by atoms with Gasteiger partial charge in [0.1, 0.15) is 18.2 Å². The summed E-state index contributed by atoms with van der Waals surface area (Å²) in [7, 11) is -4.51. The molecular formula is C24H25N10O10P. The molecular weight excluding hydrogens is 619 g/mol. The Morgan fingerprint density at radius 1 is 0.800 bits per heavy atom. The van der Waals surface area contributed by atoms with Gasteiger partial charge >= 0.3 is 19.2 Å². The number of para-hydroxylation sites is 1. The molecule has 45 heavy (non-hydrogen) atoms. The summed E-state index contributed by atoms with van der Waals surface area (Å²) < 4.78 is 44.8. The van der Waals surface area contributed by atoms with Crippen molar-refractivity contribution in [3.05, 3.63) is 117 Å². The van der Waals surface area contributed by atoms with Crippen LogP contribution in [0.25, 0.3) is 20.9 Å². The second-order valence-electron chi connectivity index (χ2n) is 9.75. The van der Waals surface area contributed by atoms with E-state index in [2.05, 4.69) is 30.0 Å². The molecule has 20 nitrogen and oxygen atoms in total. The number of hydrogen-bond acceptors (Lipinski definition) is 12. The molecule has 5 rings (SSSR count). The van der Waals surface area contributed by atoms with Crippen molar-refractivity contribution in [2.24, 2.45) is 10.2 Å². The average Bonchev–Trinajstić information content (AvgIpc) is 3.60. The minimum atomic E-state index is -4.51. The second-order valence-corrected chi connectivity index (χ2v) is 11.3. The number of H-pyrrole nitrogens is 2. The van der Waals surface area contributed by atoms with Gasteiger partial charge < -0.3 is 14.0 Å². The van der Waals surface area contributed by atoms with Crippen LogP contribution in [0.3, 0.4) is 0 Å². The van der Waals surface area contributed by atoms with Crippen molar-refractivity contribution < 1.29 is 27.6 Å². The summed E-state index contributed by atoms with van der Waals surface area (Å²) in [5, 5.41) is 7.40. The van der Waals surface area contributed by atoms with Gasteiger partial charge in [0.25, 0.3) is 11.1 Å². The zero-order valence-electron chi connectivity index (χ0n) is 23.1. The number of nitrogens with zero attached hydrogens (tertiary/aromatic N) is 8. The van der Waals surface area contributed by atoms with E-state index in [-0.39, 0.29) is 18.6 Å². The molecule has 1 aromatic carbocycles. The lowest BCUT2D eigenvalue weighted by molar-refractivity contribution is -0.0392. The Bertz CT molecular complexity index is 1780. The van der Waals surface area contributed by atoms with Gasteiger partial charge in [-0.05, 0) is 23.2 Å². The summed E-state index contributed by atoms with van der Waals surface area (Å²) in [4.78, 5) is 57.4. The Labute approximate surface area is 251 Å². The lowest BCUT2D eigenvalue weighted by Gasteiger charge is -2.23. The van der Waals surface area contributed by atoms with Gasteiger partial charge in [-0.2, -0.15) is 0 Å². The molecule has 236 valence electrons. The fourth-order valence-electron chi connectivity index (χ4n) is 4.79. The highest BCUT2D eigenvalue weighted by molar-refractivity contribution is 7.48. The molecule has 6 atom stereocenters. The number of ether oxygens (including phenoxy) is 2.